The van der Waals surface area contributed by atoms with Gasteiger partial charge in [-0.05, 0) is 34.9 Å². The third-order valence-electron chi connectivity index (χ3n) is 3.67. The van der Waals surface area contributed by atoms with Crippen molar-refractivity contribution < 1.29 is 9.50 Å². The number of aliphatic hydroxyl groups excluding tert-OH is 1. The molecule has 20 heavy (non-hydrogen) atoms. The lowest BCUT2D eigenvalue weighted by molar-refractivity contribution is 0.216. The molecule has 2 heteroatoms. The van der Waals surface area contributed by atoms with Crippen LogP contribution < -0.4 is 0 Å². The summed E-state index contributed by atoms with van der Waals surface area (Å²) in [6.07, 6.45) is -0.957. The predicted octanol–water partition coefficient (Wildman–Crippen LogP) is 4.37. The fraction of sp³-hybridized carbons (Fsp3) is 0.111. The number of fused-ring (bicyclic) bond motifs is 1. The molecule has 0 aliphatic heterocycles. The van der Waals surface area contributed by atoms with Gasteiger partial charge in [-0.15, -0.1) is 0 Å². The molecule has 0 saturated heterocycles. The van der Waals surface area contributed by atoms with E-state index in [1.165, 1.54) is 6.07 Å². The molecule has 0 saturated carbocycles. The molecule has 0 aromatic heterocycles. The van der Waals surface area contributed by atoms with Crippen molar-refractivity contribution in [2.24, 2.45) is 0 Å². The van der Waals surface area contributed by atoms with Gasteiger partial charge in [-0.1, -0.05) is 54.6 Å². The quantitative estimate of drug-likeness (QED) is 0.730. The Morgan fingerprint density at radius 3 is 2.20 bits per heavy atom. The molecular formula is C18H15FO. The number of hydrogen-bond acceptors (Lipinski definition) is 1. The van der Waals surface area contributed by atoms with Crippen LogP contribution in [0.2, 0.25) is 0 Å². The third-order valence-corrected chi connectivity index (χ3v) is 3.67. The highest BCUT2D eigenvalue weighted by Gasteiger charge is 2.17. The van der Waals surface area contributed by atoms with Crippen LogP contribution in [0.3, 0.4) is 0 Å². The number of aryl methyl sites for hydroxylation is 1. The number of halogens is 1. The van der Waals surface area contributed by atoms with Gasteiger partial charge in [-0.3, -0.25) is 0 Å². The van der Waals surface area contributed by atoms with Gasteiger partial charge in [0, 0.05) is 5.56 Å². The van der Waals surface area contributed by atoms with Crippen molar-refractivity contribution in [3.8, 4) is 0 Å². The normalized spacial score (nSPS) is 12.6. The second kappa shape index (κ2) is 5.06. The fourth-order valence-electron chi connectivity index (χ4n) is 2.58. The fourth-order valence-corrected chi connectivity index (χ4v) is 2.58. The summed E-state index contributed by atoms with van der Waals surface area (Å²) in [5, 5.41) is 12.6. The lowest BCUT2D eigenvalue weighted by Crippen LogP contribution is -2.03. The first kappa shape index (κ1) is 12.8. The van der Waals surface area contributed by atoms with Crippen LogP contribution in [0.15, 0.2) is 60.7 Å². The summed E-state index contributed by atoms with van der Waals surface area (Å²) in [6, 6.07) is 18.1. The maximum Gasteiger partial charge on any atom is 0.129 e. The SMILES string of the molecule is Cc1ccc(C(O)c2ccccc2F)c2ccccc12. The lowest BCUT2D eigenvalue weighted by atomic mass is 9.93. The third kappa shape index (κ3) is 2.08. The number of aliphatic hydroxyl groups is 1. The van der Waals surface area contributed by atoms with Crippen LogP contribution in [0.4, 0.5) is 4.39 Å². The van der Waals surface area contributed by atoms with Crippen molar-refractivity contribution in [3.63, 3.8) is 0 Å². The molecule has 3 aromatic carbocycles. The molecule has 0 heterocycles. The van der Waals surface area contributed by atoms with Crippen molar-refractivity contribution in [2.45, 2.75) is 13.0 Å². The zero-order valence-electron chi connectivity index (χ0n) is 11.2. The standard InChI is InChI=1S/C18H15FO/c1-12-10-11-15(14-7-3-2-6-13(12)14)18(20)16-8-4-5-9-17(16)19/h2-11,18,20H,1H3. The topological polar surface area (TPSA) is 20.2 Å². The Balaban J connectivity index is 2.20. The molecule has 1 N–H and O–H groups in total. The van der Waals surface area contributed by atoms with Gasteiger partial charge in [-0.25, -0.2) is 4.39 Å². The molecule has 3 aromatic rings. The van der Waals surface area contributed by atoms with Crippen LogP contribution in [0.1, 0.15) is 22.8 Å². The van der Waals surface area contributed by atoms with E-state index in [9.17, 15) is 9.50 Å². The minimum absolute atomic E-state index is 0.307. The first-order valence-corrected chi connectivity index (χ1v) is 6.59. The van der Waals surface area contributed by atoms with E-state index in [2.05, 4.69) is 0 Å². The lowest BCUT2D eigenvalue weighted by Gasteiger charge is -2.16. The Bertz CT molecular complexity index is 764. The highest BCUT2D eigenvalue weighted by atomic mass is 19.1. The molecule has 1 unspecified atom stereocenters. The van der Waals surface area contributed by atoms with Crippen molar-refractivity contribution in [1.29, 1.82) is 0 Å². The van der Waals surface area contributed by atoms with Crippen molar-refractivity contribution in [1.82, 2.24) is 0 Å². The summed E-state index contributed by atoms with van der Waals surface area (Å²) in [5.74, 6) is -0.385. The first-order valence-electron chi connectivity index (χ1n) is 6.59. The molecule has 0 spiro atoms. The maximum atomic E-state index is 13.8. The second-order valence-corrected chi connectivity index (χ2v) is 4.94. The van der Waals surface area contributed by atoms with Gasteiger partial charge in [0.2, 0.25) is 0 Å². The van der Waals surface area contributed by atoms with Crippen LogP contribution in [-0.2, 0) is 0 Å². The molecular weight excluding hydrogens is 251 g/mol. The summed E-state index contributed by atoms with van der Waals surface area (Å²) in [4.78, 5) is 0. The molecule has 1 nitrogen and oxygen atoms in total. The van der Waals surface area contributed by atoms with Gasteiger partial charge in [0.1, 0.15) is 11.9 Å². The average Bonchev–Trinajstić information content (AvgIpc) is 2.48. The van der Waals surface area contributed by atoms with Crippen molar-refractivity contribution >= 4 is 10.8 Å². The molecule has 0 amide bonds. The molecule has 100 valence electrons. The number of benzene rings is 3. The van der Waals surface area contributed by atoms with Gasteiger partial charge in [-0.2, -0.15) is 0 Å². The molecule has 0 aliphatic carbocycles. The van der Waals surface area contributed by atoms with E-state index in [0.29, 0.717) is 5.56 Å². The summed E-state index contributed by atoms with van der Waals surface area (Å²) < 4.78 is 13.8. The van der Waals surface area contributed by atoms with Gasteiger partial charge < -0.3 is 5.11 Å². The molecule has 0 radical (unpaired) electrons. The Morgan fingerprint density at radius 1 is 0.800 bits per heavy atom. The number of rotatable bonds is 2. The minimum atomic E-state index is -0.957. The Kier molecular flexibility index (Phi) is 3.25. The Hall–Kier alpha value is -2.19. The van der Waals surface area contributed by atoms with E-state index in [1.807, 2.05) is 43.3 Å². The van der Waals surface area contributed by atoms with Gasteiger partial charge in [0.25, 0.3) is 0 Å². The van der Waals surface area contributed by atoms with Crippen LogP contribution >= 0.6 is 0 Å². The monoisotopic (exact) mass is 266 g/mol. The van der Waals surface area contributed by atoms with Gasteiger partial charge >= 0.3 is 0 Å². The van der Waals surface area contributed by atoms with Crippen LogP contribution in [0.25, 0.3) is 10.8 Å². The number of hydrogen-bond donors (Lipinski definition) is 1. The smallest absolute Gasteiger partial charge is 0.129 e. The van der Waals surface area contributed by atoms with E-state index in [4.69, 9.17) is 0 Å². The first-order chi connectivity index (χ1) is 9.68. The Labute approximate surface area is 117 Å². The summed E-state index contributed by atoms with van der Waals surface area (Å²) in [5.41, 5.74) is 2.18. The Morgan fingerprint density at radius 2 is 1.45 bits per heavy atom. The van der Waals surface area contributed by atoms with E-state index >= 15 is 0 Å². The molecule has 0 fully saturated rings. The van der Waals surface area contributed by atoms with E-state index in [-0.39, 0.29) is 5.82 Å². The van der Waals surface area contributed by atoms with Gasteiger partial charge in [0.05, 0.1) is 0 Å². The van der Waals surface area contributed by atoms with Crippen LogP contribution in [-0.4, -0.2) is 5.11 Å². The summed E-state index contributed by atoms with van der Waals surface area (Å²) >= 11 is 0. The summed E-state index contributed by atoms with van der Waals surface area (Å²) in [7, 11) is 0. The van der Waals surface area contributed by atoms with E-state index < -0.39 is 6.10 Å². The maximum absolute atomic E-state index is 13.8. The molecule has 0 aliphatic rings. The zero-order chi connectivity index (χ0) is 14.1. The van der Waals surface area contributed by atoms with Crippen LogP contribution in [0, 0.1) is 12.7 Å². The second-order valence-electron chi connectivity index (χ2n) is 4.94. The zero-order valence-corrected chi connectivity index (χ0v) is 11.2. The molecule has 0 bridgehead atoms. The van der Waals surface area contributed by atoms with Crippen molar-refractivity contribution in [2.75, 3.05) is 0 Å². The summed E-state index contributed by atoms with van der Waals surface area (Å²) in [6.45, 7) is 2.03. The van der Waals surface area contributed by atoms with Crippen LogP contribution in [0.5, 0.6) is 0 Å². The largest absolute Gasteiger partial charge is 0.384 e. The molecule has 1 atom stereocenters. The predicted molar refractivity (Wildman–Crippen MR) is 79.1 cm³/mol. The highest BCUT2D eigenvalue weighted by Crippen LogP contribution is 2.31. The van der Waals surface area contributed by atoms with E-state index in [1.54, 1.807) is 18.2 Å². The van der Waals surface area contributed by atoms with E-state index in [0.717, 1.165) is 21.9 Å². The van der Waals surface area contributed by atoms with Crippen molar-refractivity contribution in [3.05, 3.63) is 83.2 Å². The molecule has 3 rings (SSSR count). The average molecular weight is 266 g/mol. The van der Waals surface area contributed by atoms with Gasteiger partial charge in [0.15, 0.2) is 0 Å². The highest BCUT2D eigenvalue weighted by molar-refractivity contribution is 5.89. The minimum Gasteiger partial charge on any atom is -0.384 e.